The van der Waals surface area contributed by atoms with Crippen LogP contribution in [-0.2, 0) is 0 Å². The molecule has 2 heterocycles. The van der Waals surface area contributed by atoms with Gasteiger partial charge in [-0.05, 0) is 41.1 Å². The van der Waals surface area contributed by atoms with E-state index in [0.29, 0.717) is 0 Å². The molecular weight excluding hydrogens is 300 g/mol. The van der Waals surface area contributed by atoms with Gasteiger partial charge >= 0.3 is 0 Å². The Hall–Kier alpha value is -2.65. The number of aromatic nitrogens is 2. The SMILES string of the molecule is c1ccc2c(Sc3ccc(-c4ccncc4)nc3)cccc2c1. The average Bonchev–Trinajstić information content (AvgIpc) is 2.63. The Morgan fingerprint density at radius 2 is 1.57 bits per heavy atom. The first-order valence-electron chi connectivity index (χ1n) is 7.42. The van der Waals surface area contributed by atoms with Crippen LogP contribution in [0.5, 0.6) is 0 Å². The molecule has 0 aliphatic heterocycles. The molecule has 4 rings (SSSR count). The summed E-state index contributed by atoms with van der Waals surface area (Å²) in [6, 6.07) is 23.0. The molecule has 23 heavy (non-hydrogen) atoms. The van der Waals surface area contributed by atoms with Gasteiger partial charge in [-0.3, -0.25) is 9.97 Å². The summed E-state index contributed by atoms with van der Waals surface area (Å²) in [5.74, 6) is 0. The maximum absolute atomic E-state index is 4.58. The molecule has 0 N–H and O–H groups in total. The molecule has 0 amide bonds. The summed E-state index contributed by atoms with van der Waals surface area (Å²) < 4.78 is 0. The molecule has 0 radical (unpaired) electrons. The van der Waals surface area contributed by atoms with Crippen molar-refractivity contribution in [3.8, 4) is 11.3 Å². The van der Waals surface area contributed by atoms with E-state index in [9.17, 15) is 0 Å². The largest absolute Gasteiger partial charge is 0.265 e. The van der Waals surface area contributed by atoms with Crippen LogP contribution >= 0.6 is 11.8 Å². The predicted molar refractivity (Wildman–Crippen MR) is 95.5 cm³/mol. The fraction of sp³-hybridized carbons (Fsp3) is 0. The fourth-order valence-electron chi connectivity index (χ4n) is 2.55. The van der Waals surface area contributed by atoms with E-state index >= 15 is 0 Å². The van der Waals surface area contributed by atoms with E-state index < -0.39 is 0 Å². The molecule has 3 heteroatoms. The highest BCUT2D eigenvalue weighted by atomic mass is 32.2. The van der Waals surface area contributed by atoms with Crippen molar-refractivity contribution < 1.29 is 0 Å². The zero-order valence-corrected chi connectivity index (χ0v) is 13.2. The van der Waals surface area contributed by atoms with Crippen molar-refractivity contribution in [3.63, 3.8) is 0 Å². The first-order chi connectivity index (χ1) is 11.4. The van der Waals surface area contributed by atoms with Crippen LogP contribution in [0.4, 0.5) is 0 Å². The van der Waals surface area contributed by atoms with E-state index in [4.69, 9.17) is 0 Å². The summed E-state index contributed by atoms with van der Waals surface area (Å²) in [6.07, 6.45) is 5.51. The van der Waals surface area contributed by atoms with E-state index in [1.807, 2.05) is 18.3 Å². The Balaban J connectivity index is 1.64. The first kappa shape index (κ1) is 14.0. The van der Waals surface area contributed by atoms with Crippen molar-refractivity contribution in [2.24, 2.45) is 0 Å². The van der Waals surface area contributed by atoms with E-state index in [0.717, 1.165) is 16.2 Å². The molecule has 0 saturated carbocycles. The van der Waals surface area contributed by atoms with Crippen molar-refractivity contribution in [3.05, 3.63) is 85.3 Å². The van der Waals surface area contributed by atoms with E-state index in [1.54, 1.807) is 24.2 Å². The van der Waals surface area contributed by atoms with Gasteiger partial charge in [-0.25, -0.2) is 0 Å². The van der Waals surface area contributed by atoms with E-state index in [1.165, 1.54) is 15.7 Å². The van der Waals surface area contributed by atoms with Crippen molar-refractivity contribution in [1.82, 2.24) is 9.97 Å². The topological polar surface area (TPSA) is 25.8 Å². The van der Waals surface area contributed by atoms with Crippen LogP contribution in [0.25, 0.3) is 22.0 Å². The molecule has 2 aromatic carbocycles. The number of benzene rings is 2. The quantitative estimate of drug-likeness (QED) is 0.503. The van der Waals surface area contributed by atoms with E-state index in [2.05, 4.69) is 64.6 Å². The molecule has 0 unspecified atom stereocenters. The maximum Gasteiger partial charge on any atom is 0.0703 e. The number of pyridine rings is 2. The Labute approximate surface area is 139 Å². The fourth-order valence-corrected chi connectivity index (χ4v) is 3.48. The zero-order chi connectivity index (χ0) is 15.5. The minimum absolute atomic E-state index is 0.967. The third kappa shape index (κ3) is 2.96. The molecule has 0 aliphatic carbocycles. The van der Waals surface area contributed by atoms with Crippen LogP contribution in [0.15, 0.2) is 95.1 Å². The van der Waals surface area contributed by atoms with Crippen LogP contribution < -0.4 is 0 Å². The Bertz CT molecular complexity index is 929. The number of nitrogens with zero attached hydrogens (tertiary/aromatic N) is 2. The summed E-state index contributed by atoms with van der Waals surface area (Å²) in [5.41, 5.74) is 2.05. The Morgan fingerprint density at radius 1 is 0.739 bits per heavy atom. The van der Waals surface area contributed by atoms with Crippen LogP contribution in [0.2, 0.25) is 0 Å². The van der Waals surface area contributed by atoms with Crippen LogP contribution in [0.3, 0.4) is 0 Å². The lowest BCUT2D eigenvalue weighted by Gasteiger charge is -2.07. The van der Waals surface area contributed by atoms with Crippen LogP contribution in [0.1, 0.15) is 0 Å². The highest BCUT2D eigenvalue weighted by Gasteiger charge is 2.04. The van der Waals surface area contributed by atoms with Crippen molar-refractivity contribution in [2.75, 3.05) is 0 Å². The second-order valence-electron chi connectivity index (χ2n) is 5.19. The molecule has 2 nitrogen and oxygen atoms in total. The van der Waals surface area contributed by atoms with Crippen molar-refractivity contribution in [2.45, 2.75) is 9.79 Å². The van der Waals surface area contributed by atoms with Gasteiger partial charge in [0.1, 0.15) is 0 Å². The van der Waals surface area contributed by atoms with Gasteiger partial charge in [0.25, 0.3) is 0 Å². The number of hydrogen-bond acceptors (Lipinski definition) is 3. The van der Waals surface area contributed by atoms with Gasteiger partial charge in [-0.15, -0.1) is 0 Å². The second kappa shape index (κ2) is 6.23. The van der Waals surface area contributed by atoms with Crippen molar-refractivity contribution in [1.29, 1.82) is 0 Å². The summed E-state index contributed by atoms with van der Waals surface area (Å²) in [7, 11) is 0. The summed E-state index contributed by atoms with van der Waals surface area (Å²) in [5, 5.41) is 2.54. The number of hydrogen-bond donors (Lipinski definition) is 0. The normalized spacial score (nSPS) is 10.8. The van der Waals surface area contributed by atoms with Crippen LogP contribution in [-0.4, -0.2) is 9.97 Å². The van der Waals surface area contributed by atoms with Gasteiger partial charge in [0.15, 0.2) is 0 Å². The summed E-state index contributed by atoms with van der Waals surface area (Å²) in [6.45, 7) is 0. The van der Waals surface area contributed by atoms with Gasteiger partial charge in [0, 0.05) is 33.9 Å². The van der Waals surface area contributed by atoms with Gasteiger partial charge in [0.05, 0.1) is 5.69 Å². The Kier molecular flexibility index (Phi) is 3.78. The van der Waals surface area contributed by atoms with Crippen LogP contribution in [0, 0.1) is 0 Å². The lowest BCUT2D eigenvalue weighted by atomic mass is 10.1. The molecule has 0 spiro atoms. The molecule has 0 fully saturated rings. The molecule has 0 bridgehead atoms. The third-order valence-electron chi connectivity index (χ3n) is 3.69. The summed E-state index contributed by atoms with van der Waals surface area (Å²) in [4.78, 5) is 11.0. The monoisotopic (exact) mass is 314 g/mol. The minimum atomic E-state index is 0.967. The van der Waals surface area contributed by atoms with Gasteiger partial charge < -0.3 is 0 Å². The average molecular weight is 314 g/mol. The smallest absolute Gasteiger partial charge is 0.0703 e. The Morgan fingerprint density at radius 3 is 2.39 bits per heavy atom. The lowest BCUT2D eigenvalue weighted by molar-refractivity contribution is 1.23. The molecule has 0 aliphatic rings. The highest BCUT2D eigenvalue weighted by Crippen LogP contribution is 2.33. The highest BCUT2D eigenvalue weighted by molar-refractivity contribution is 7.99. The number of rotatable bonds is 3. The third-order valence-corrected chi connectivity index (χ3v) is 4.74. The second-order valence-corrected chi connectivity index (χ2v) is 6.31. The standard InChI is InChI=1S/C20H14N2S/c1-2-6-18-15(4-1)5-3-7-20(18)23-17-8-9-19(22-14-17)16-10-12-21-13-11-16/h1-14H. The molecule has 110 valence electrons. The maximum atomic E-state index is 4.58. The number of fused-ring (bicyclic) bond motifs is 1. The molecule has 2 aromatic heterocycles. The zero-order valence-electron chi connectivity index (χ0n) is 12.4. The molecule has 4 aromatic rings. The van der Waals surface area contributed by atoms with E-state index in [-0.39, 0.29) is 0 Å². The van der Waals surface area contributed by atoms with Gasteiger partial charge in [-0.2, -0.15) is 0 Å². The lowest BCUT2D eigenvalue weighted by Crippen LogP contribution is -1.84. The first-order valence-corrected chi connectivity index (χ1v) is 8.24. The summed E-state index contributed by atoms with van der Waals surface area (Å²) >= 11 is 1.75. The minimum Gasteiger partial charge on any atom is -0.265 e. The van der Waals surface area contributed by atoms with Crippen molar-refractivity contribution >= 4 is 22.5 Å². The molecular formula is C20H14N2S. The van der Waals surface area contributed by atoms with Gasteiger partial charge in [0.2, 0.25) is 0 Å². The van der Waals surface area contributed by atoms with Gasteiger partial charge in [-0.1, -0.05) is 48.2 Å². The molecule has 0 atom stereocenters. The predicted octanol–water partition coefficient (Wildman–Crippen LogP) is 5.45. The molecule has 0 saturated heterocycles.